The van der Waals surface area contributed by atoms with E-state index in [1.54, 1.807) is 0 Å². The van der Waals surface area contributed by atoms with Gasteiger partial charge in [-0.1, -0.05) is 31.5 Å². The molecule has 0 amide bonds. The second kappa shape index (κ2) is 4.78. The molecule has 1 aromatic carbocycles. The van der Waals surface area contributed by atoms with E-state index in [2.05, 4.69) is 18.3 Å². The van der Waals surface area contributed by atoms with Crippen molar-refractivity contribution in [1.82, 2.24) is 0 Å². The molecule has 1 N–H and O–H groups in total. The summed E-state index contributed by atoms with van der Waals surface area (Å²) in [6, 6.07) is 11.1. The van der Waals surface area contributed by atoms with E-state index in [4.69, 9.17) is 0 Å². The van der Waals surface area contributed by atoms with Gasteiger partial charge in [0.25, 0.3) is 0 Å². The van der Waals surface area contributed by atoms with Crippen LogP contribution in [0.4, 0.5) is 5.69 Å². The maximum absolute atomic E-state index is 3.29. The van der Waals surface area contributed by atoms with Crippen molar-refractivity contribution < 1.29 is 0 Å². The van der Waals surface area contributed by atoms with Crippen LogP contribution in [0.15, 0.2) is 24.3 Å². The van der Waals surface area contributed by atoms with Crippen molar-refractivity contribution in [2.45, 2.75) is 19.8 Å². The van der Waals surface area contributed by atoms with Crippen molar-refractivity contribution in [1.29, 1.82) is 0 Å². The molecule has 0 spiro atoms. The Morgan fingerprint density at radius 3 is 3.00 bits per heavy atom. The Bertz CT molecular complexity index is 181. The van der Waals surface area contributed by atoms with Gasteiger partial charge >= 0.3 is 0 Å². The first-order chi connectivity index (χ1) is 5.43. The van der Waals surface area contributed by atoms with Crippen LogP contribution in [-0.4, -0.2) is 6.54 Å². The summed E-state index contributed by atoms with van der Waals surface area (Å²) >= 11 is 0. The molecule has 0 bridgehead atoms. The van der Waals surface area contributed by atoms with Crippen LogP contribution in [0.3, 0.4) is 0 Å². The highest BCUT2D eigenvalue weighted by Crippen LogP contribution is 2.03. The highest BCUT2D eigenvalue weighted by molar-refractivity contribution is 5.40. The largest absolute Gasteiger partial charge is 0.385 e. The lowest BCUT2D eigenvalue weighted by Crippen LogP contribution is -1.99. The zero-order valence-electron chi connectivity index (χ0n) is 6.93. The summed E-state index contributed by atoms with van der Waals surface area (Å²) in [5.41, 5.74) is 1.10. The summed E-state index contributed by atoms with van der Waals surface area (Å²) < 4.78 is 0. The van der Waals surface area contributed by atoms with Gasteiger partial charge in [-0.2, -0.15) is 0 Å². The summed E-state index contributed by atoms with van der Waals surface area (Å²) in [5, 5.41) is 3.29. The smallest absolute Gasteiger partial charge is 0.0420 e. The van der Waals surface area contributed by atoms with Gasteiger partial charge in [0.05, 0.1) is 0 Å². The molecule has 0 saturated heterocycles. The zero-order valence-corrected chi connectivity index (χ0v) is 6.93. The van der Waals surface area contributed by atoms with Crippen LogP contribution >= 0.6 is 0 Å². The van der Waals surface area contributed by atoms with Crippen molar-refractivity contribution in [3.63, 3.8) is 0 Å². The molecule has 0 aliphatic heterocycles. The highest BCUT2D eigenvalue weighted by Gasteiger charge is 1.86. The van der Waals surface area contributed by atoms with Crippen LogP contribution in [0.1, 0.15) is 19.8 Å². The zero-order chi connectivity index (χ0) is 7.94. The normalized spacial score (nSPS) is 9.55. The molecule has 59 valence electrons. The number of para-hydroxylation sites is 1. The Labute approximate surface area is 68.4 Å². The third-order valence-corrected chi connectivity index (χ3v) is 1.55. The number of unbranched alkanes of at least 4 members (excludes halogenated alkanes) is 1. The fourth-order valence-electron chi connectivity index (χ4n) is 0.903. The summed E-state index contributed by atoms with van der Waals surface area (Å²) in [6.45, 7) is 3.24. The predicted octanol–water partition coefficient (Wildman–Crippen LogP) is 2.70. The maximum Gasteiger partial charge on any atom is 0.0420 e. The van der Waals surface area contributed by atoms with Crippen molar-refractivity contribution in [2.75, 3.05) is 11.9 Å². The van der Waals surface area contributed by atoms with Crippen molar-refractivity contribution >= 4 is 5.69 Å². The van der Waals surface area contributed by atoms with E-state index in [9.17, 15) is 0 Å². The fraction of sp³-hybridized carbons (Fsp3) is 0.400. The first kappa shape index (κ1) is 8.12. The lowest BCUT2D eigenvalue weighted by molar-refractivity contribution is 0.834. The van der Waals surface area contributed by atoms with Gasteiger partial charge in [0, 0.05) is 18.3 Å². The van der Waals surface area contributed by atoms with Crippen LogP contribution in [0.2, 0.25) is 0 Å². The quantitative estimate of drug-likeness (QED) is 0.647. The molecule has 0 fully saturated rings. The number of anilines is 1. The topological polar surface area (TPSA) is 12.0 Å². The minimum Gasteiger partial charge on any atom is -0.385 e. The van der Waals surface area contributed by atoms with E-state index in [-0.39, 0.29) is 0 Å². The van der Waals surface area contributed by atoms with E-state index < -0.39 is 0 Å². The molecule has 0 aliphatic carbocycles. The van der Waals surface area contributed by atoms with E-state index in [0.29, 0.717) is 0 Å². The minimum atomic E-state index is 1.05. The number of rotatable bonds is 4. The maximum atomic E-state index is 3.29. The third-order valence-electron chi connectivity index (χ3n) is 1.55. The Hall–Kier alpha value is -0.980. The van der Waals surface area contributed by atoms with Crippen LogP contribution in [0, 0.1) is 6.07 Å². The molecule has 0 aliphatic rings. The molecule has 0 atom stereocenters. The molecule has 0 saturated carbocycles. The Morgan fingerprint density at radius 1 is 1.45 bits per heavy atom. The standard InChI is InChI=1S/C10H14N/c1-2-3-9-11-10-7-5-4-6-8-10/h4-7,11H,2-3,9H2,1H3. The van der Waals surface area contributed by atoms with Crippen molar-refractivity contribution in [3.05, 3.63) is 30.3 Å². The summed E-state index contributed by atoms with van der Waals surface area (Å²) in [4.78, 5) is 0. The molecule has 0 heterocycles. The average Bonchev–Trinajstić information content (AvgIpc) is 2.07. The van der Waals surface area contributed by atoms with Gasteiger partial charge in [0.15, 0.2) is 0 Å². The van der Waals surface area contributed by atoms with E-state index in [1.807, 2.05) is 24.3 Å². The first-order valence-corrected chi connectivity index (χ1v) is 4.14. The van der Waals surface area contributed by atoms with Crippen molar-refractivity contribution in [3.8, 4) is 0 Å². The molecule has 1 radical (unpaired) electrons. The fourth-order valence-corrected chi connectivity index (χ4v) is 0.903. The number of hydrogen-bond donors (Lipinski definition) is 1. The Morgan fingerprint density at radius 2 is 2.36 bits per heavy atom. The van der Waals surface area contributed by atoms with Crippen molar-refractivity contribution in [2.24, 2.45) is 0 Å². The molecule has 11 heavy (non-hydrogen) atoms. The molecular weight excluding hydrogens is 134 g/mol. The summed E-state index contributed by atoms with van der Waals surface area (Å²) in [7, 11) is 0. The summed E-state index contributed by atoms with van der Waals surface area (Å²) in [6.07, 6.45) is 2.46. The van der Waals surface area contributed by atoms with Gasteiger partial charge in [0.1, 0.15) is 0 Å². The molecule has 1 rings (SSSR count). The monoisotopic (exact) mass is 148 g/mol. The third kappa shape index (κ3) is 3.08. The van der Waals surface area contributed by atoms with E-state index >= 15 is 0 Å². The first-order valence-electron chi connectivity index (χ1n) is 4.14. The van der Waals surface area contributed by atoms with Gasteiger partial charge in [0.2, 0.25) is 0 Å². The van der Waals surface area contributed by atoms with Gasteiger partial charge in [-0.05, 0) is 12.5 Å². The summed E-state index contributed by atoms with van der Waals surface area (Å²) in [5.74, 6) is 0. The Balaban J connectivity index is 2.28. The molecule has 1 nitrogen and oxygen atoms in total. The molecule has 1 heteroatoms. The second-order valence-electron chi connectivity index (χ2n) is 2.56. The number of nitrogens with one attached hydrogen (secondary N) is 1. The minimum absolute atomic E-state index is 1.05. The van der Waals surface area contributed by atoms with Gasteiger partial charge in [-0.3, -0.25) is 0 Å². The second-order valence-corrected chi connectivity index (χ2v) is 2.56. The van der Waals surface area contributed by atoms with Crippen LogP contribution in [-0.2, 0) is 0 Å². The van der Waals surface area contributed by atoms with Crippen LogP contribution < -0.4 is 5.32 Å². The molecule has 0 unspecified atom stereocenters. The number of benzene rings is 1. The lowest BCUT2D eigenvalue weighted by atomic mass is 10.3. The molecule has 0 aromatic heterocycles. The molecule has 1 aromatic rings. The average molecular weight is 148 g/mol. The molecular formula is C10H14N. The van der Waals surface area contributed by atoms with Crippen LogP contribution in [0.5, 0.6) is 0 Å². The number of hydrogen-bond acceptors (Lipinski definition) is 1. The van der Waals surface area contributed by atoms with Gasteiger partial charge in [-0.25, -0.2) is 0 Å². The van der Waals surface area contributed by atoms with E-state index in [1.165, 1.54) is 12.8 Å². The Kier molecular flexibility index (Phi) is 3.53. The lowest BCUT2D eigenvalue weighted by Gasteiger charge is -2.02. The van der Waals surface area contributed by atoms with E-state index in [0.717, 1.165) is 12.2 Å². The highest BCUT2D eigenvalue weighted by atomic mass is 14.9. The van der Waals surface area contributed by atoms with Gasteiger partial charge in [-0.15, -0.1) is 0 Å². The van der Waals surface area contributed by atoms with Gasteiger partial charge < -0.3 is 5.32 Å². The SMILES string of the molecule is CCCCNc1[c]cccc1. The van der Waals surface area contributed by atoms with Crippen LogP contribution in [0.25, 0.3) is 0 Å². The predicted molar refractivity (Wildman–Crippen MR) is 48.7 cm³/mol.